The molecule has 4 nitrogen and oxygen atoms in total. The highest BCUT2D eigenvalue weighted by Crippen LogP contribution is 2.16. The van der Waals surface area contributed by atoms with Gasteiger partial charge in [0, 0.05) is 6.54 Å². The molecule has 0 spiro atoms. The maximum absolute atomic E-state index is 10.1. The van der Waals surface area contributed by atoms with Crippen LogP contribution < -0.4 is 15.7 Å². The Balaban J connectivity index is 0. The van der Waals surface area contributed by atoms with Gasteiger partial charge in [-0.1, -0.05) is 297 Å². The second-order valence-corrected chi connectivity index (χ2v) is 19.0. The largest absolute Gasteiger partial charge is 0.530 e. The van der Waals surface area contributed by atoms with Crippen molar-refractivity contribution in [2.24, 2.45) is 0 Å². The number of nitrogens with one attached hydrogen (secondary N) is 1. The summed E-state index contributed by atoms with van der Waals surface area (Å²) in [7, 11) is 0. The molecule has 3 N–H and O–H groups in total. The molecule has 0 aliphatic heterocycles. The van der Waals surface area contributed by atoms with Crippen LogP contribution in [0.5, 0.6) is 0 Å². The third-order valence-corrected chi connectivity index (χ3v) is 12.8. The molecule has 0 aromatic carbocycles. The van der Waals surface area contributed by atoms with Crippen LogP contribution >= 0.6 is 0 Å². The van der Waals surface area contributed by atoms with Gasteiger partial charge in [-0.05, 0) is 32.1 Å². The fraction of sp³-hybridized carbons (Fsp3) is 0.982. The normalized spacial score (nSPS) is 11.2. The fourth-order valence-corrected chi connectivity index (χ4v) is 8.68. The number of carbonyl (C=O) groups is 1. The van der Waals surface area contributed by atoms with Crippen LogP contribution in [0.4, 0.5) is 4.79 Å². The lowest BCUT2D eigenvalue weighted by molar-refractivity contribution is -0.655. The Morgan fingerprint density at radius 2 is 0.458 bits per heavy atom. The minimum Gasteiger partial charge on any atom is -0.530 e. The van der Waals surface area contributed by atoms with E-state index in [0.717, 1.165) is 12.8 Å². The zero-order chi connectivity index (χ0) is 43.1. The lowest BCUT2D eigenvalue weighted by Gasteiger charge is -2.06. The Labute approximate surface area is 374 Å². The lowest BCUT2D eigenvalue weighted by Crippen LogP contribution is -2.84. The second kappa shape index (κ2) is 59.3. The number of carboxylic acid groups (broad SMARTS) is 1. The van der Waals surface area contributed by atoms with Gasteiger partial charge in [-0.15, -0.1) is 0 Å². The Morgan fingerprint density at radius 3 is 0.644 bits per heavy atom. The van der Waals surface area contributed by atoms with E-state index < -0.39 is 6.09 Å². The smallest absolute Gasteiger partial charge is 0.134 e. The summed E-state index contributed by atoms with van der Waals surface area (Å²) < 4.78 is 0. The van der Waals surface area contributed by atoms with E-state index in [2.05, 4.69) is 31.4 Å². The van der Waals surface area contributed by atoms with Crippen molar-refractivity contribution in [3.63, 3.8) is 0 Å². The van der Waals surface area contributed by atoms with E-state index in [1.165, 1.54) is 308 Å². The Morgan fingerprint density at radius 1 is 0.288 bits per heavy atom. The van der Waals surface area contributed by atoms with Crippen LogP contribution in [0.25, 0.3) is 0 Å². The molecule has 356 valence electrons. The van der Waals surface area contributed by atoms with Crippen LogP contribution in [-0.2, 0) is 0 Å². The molecule has 4 heteroatoms. The molecule has 0 bridgehead atoms. The topological polar surface area (TPSA) is 68.8 Å². The Bertz CT molecular complexity index is 681. The number of unbranched alkanes of at least 4 members (excludes halogenated alkanes) is 45. The summed E-state index contributed by atoms with van der Waals surface area (Å²) in [6.45, 7) is 10.2. The molecule has 0 unspecified atom stereocenters. The van der Waals surface area contributed by atoms with E-state index in [0.29, 0.717) is 6.54 Å². The maximum Gasteiger partial charge on any atom is 0.134 e. The molecule has 0 rings (SSSR count). The molecular formula is C55H114N2O2. The maximum atomic E-state index is 10.1. The molecule has 0 radical (unpaired) electrons. The zero-order valence-electron chi connectivity index (χ0n) is 41.5. The first-order chi connectivity index (χ1) is 29.2. The molecular weight excluding hydrogens is 721 g/mol. The van der Waals surface area contributed by atoms with Crippen LogP contribution in [-0.4, -0.2) is 25.7 Å². The summed E-state index contributed by atoms with van der Waals surface area (Å²) in [5.41, 5.74) is 0. The first kappa shape index (κ1) is 60.3. The number of carbonyl (C=O) groups excluding carboxylic acids is 1. The predicted molar refractivity (Wildman–Crippen MR) is 264 cm³/mol. The first-order valence-electron chi connectivity index (χ1n) is 27.9. The zero-order valence-corrected chi connectivity index (χ0v) is 41.5. The van der Waals surface area contributed by atoms with Crippen molar-refractivity contribution in [2.75, 3.05) is 19.6 Å². The van der Waals surface area contributed by atoms with E-state index in [1.54, 1.807) is 0 Å². The highest BCUT2D eigenvalue weighted by Gasteiger charge is 1.99. The molecule has 1 amide bonds. The number of amides is 1. The molecule has 0 saturated carbocycles. The summed E-state index contributed by atoms with van der Waals surface area (Å²) in [6.07, 6.45) is 67.3. The average molecular weight is 836 g/mol. The van der Waals surface area contributed by atoms with Gasteiger partial charge in [0.05, 0.1) is 13.1 Å². The van der Waals surface area contributed by atoms with Gasteiger partial charge in [-0.3, -0.25) is 0 Å². The lowest BCUT2D eigenvalue weighted by atomic mass is 10.0. The monoisotopic (exact) mass is 835 g/mol. The predicted octanol–water partition coefficient (Wildman–Crippen LogP) is 17.3. The number of nitrogens with two attached hydrogens (primary N) is 1. The number of quaternary nitrogens is 1. The second-order valence-electron chi connectivity index (χ2n) is 19.0. The van der Waals surface area contributed by atoms with E-state index in [1.807, 2.05) is 0 Å². The third kappa shape index (κ3) is 64.0. The van der Waals surface area contributed by atoms with Crippen molar-refractivity contribution in [1.82, 2.24) is 5.32 Å². The number of rotatable bonds is 51. The number of hydrogen-bond acceptors (Lipinski definition) is 2. The molecule has 0 aromatic rings. The molecule has 0 heterocycles. The Hall–Kier alpha value is -0.770. The van der Waals surface area contributed by atoms with Crippen LogP contribution in [0.15, 0.2) is 0 Å². The van der Waals surface area contributed by atoms with E-state index in [-0.39, 0.29) is 0 Å². The van der Waals surface area contributed by atoms with E-state index in [4.69, 9.17) is 0 Å². The van der Waals surface area contributed by atoms with Gasteiger partial charge in [0.15, 0.2) is 0 Å². The van der Waals surface area contributed by atoms with Crippen LogP contribution in [0.3, 0.4) is 0 Å². The highest BCUT2D eigenvalue weighted by atomic mass is 16.4. The molecule has 0 saturated heterocycles. The van der Waals surface area contributed by atoms with E-state index in [9.17, 15) is 9.90 Å². The van der Waals surface area contributed by atoms with Crippen molar-refractivity contribution >= 4 is 6.09 Å². The molecule has 0 aliphatic carbocycles. The van der Waals surface area contributed by atoms with Crippen LogP contribution in [0.1, 0.15) is 329 Å². The molecule has 0 atom stereocenters. The van der Waals surface area contributed by atoms with Gasteiger partial charge in [-0.2, -0.15) is 0 Å². The summed E-state index contributed by atoms with van der Waals surface area (Å²) in [4.78, 5) is 10.1. The standard InChI is InChI=1S/C36H75N.C19H39NO2/c1-3-5-7-9-11-13-15-17-19-21-23-25-27-29-31-33-35-37-36-34-32-30-28-26-24-22-20-18-16-14-12-10-8-6-4-2;1-2-3-4-5-6-7-8-9-10-11-12-13-14-15-16-17-18-20-19(21)22/h37H,3-36H2,1-2H3;20H,2-18H2,1H3,(H,21,22). The van der Waals surface area contributed by atoms with Crippen LogP contribution in [0.2, 0.25) is 0 Å². The highest BCUT2D eigenvalue weighted by molar-refractivity contribution is 5.61. The summed E-state index contributed by atoms with van der Waals surface area (Å²) in [5.74, 6) is 0. The van der Waals surface area contributed by atoms with Crippen molar-refractivity contribution in [3.05, 3.63) is 0 Å². The van der Waals surface area contributed by atoms with E-state index >= 15 is 0 Å². The van der Waals surface area contributed by atoms with Crippen molar-refractivity contribution in [1.29, 1.82) is 0 Å². The van der Waals surface area contributed by atoms with Crippen molar-refractivity contribution < 1.29 is 15.2 Å². The van der Waals surface area contributed by atoms with Gasteiger partial charge >= 0.3 is 0 Å². The molecule has 0 fully saturated rings. The van der Waals surface area contributed by atoms with Gasteiger partial charge in [0.1, 0.15) is 6.09 Å². The minimum absolute atomic E-state index is 0.542. The number of hydrogen-bond donors (Lipinski definition) is 2. The fourth-order valence-electron chi connectivity index (χ4n) is 8.68. The summed E-state index contributed by atoms with van der Waals surface area (Å²) in [5, 5.41) is 15.0. The van der Waals surface area contributed by atoms with Crippen LogP contribution in [0, 0.1) is 0 Å². The van der Waals surface area contributed by atoms with Crippen molar-refractivity contribution in [2.45, 2.75) is 329 Å². The quantitative estimate of drug-likeness (QED) is 0.0599. The molecule has 0 aliphatic rings. The summed E-state index contributed by atoms with van der Waals surface area (Å²) in [6, 6.07) is 0. The third-order valence-electron chi connectivity index (χ3n) is 12.8. The van der Waals surface area contributed by atoms with Gasteiger partial charge < -0.3 is 20.5 Å². The Kier molecular flexibility index (Phi) is 60.6. The molecule has 59 heavy (non-hydrogen) atoms. The average Bonchev–Trinajstić information content (AvgIpc) is 3.23. The summed E-state index contributed by atoms with van der Waals surface area (Å²) >= 11 is 0. The van der Waals surface area contributed by atoms with Gasteiger partial charge in [0.25, 0.3) is 0 Å². The van der Waals surface area contributed by atoms with Gasteiger partial charge in [0.2, 0.25) is 0 Å². The first-order valence-corrected chi connectivity index (χ1v) is 27.9. The van der Waals surface area contributed by atoms with Gasteiger partial charge in [-0.25, -0.2) is 0 Å². The SMILES string of the molecule is CCCCCCCCCCCCCCCCCCNC(=O)[O-].CCCCCCCCCCCCCCCCCC[NH2+]CCCCCCCCCCCCCCCCCC. The minimum atomic E-state index is -1.15. The molecule has 0 aromatic heterocycles. The van der Waals surface area contributed by atoms with Crippen molar-refractivity contribution in [3.8, 4) is 0 Å².